The van der Waals surface area contributed by atoms with Crippen LogP contribution in [0.3, 0.4) is 0 Å². The molecule has 2 aromatic rings. The summed E-state index contributed by atoms with van der Waals surface area (Å²) in [4.78, 5) is 0. The van der Waals surface area contributed by atoms with E-state index in [0.29, 0.717) is 10.0 Å². The lowest BCUT2D eigenvalue weighted by molar-refractivity contribution is 1.09. The molecule has 0 aliphatic heterocycles. The SMILES string of the molecule is CCc1c(Cl)cc(-c2cn[nH]c2)cc1Cl. The van der Waals surface area contributed by atoms with Gasteiger partial charge in [0.25, 0.3) is 0 Å². The van der Waals surface area contributed by atoms with Gasteiger partial charge in [0.05, 0.1) is 6.20 Å². The summed E-state index contributed by atoms with van der Waals surface area (Å²) >= 11 is 12.3. The zero-order chi connectivity index (χ0) is 10.8. The Kier molecular flexibility index (Phi) is 2.98. The number of hydrogen-bond donors (Lipinski definition) is 1. The molecule has 0 aliphatic carbocycles. The highest BCUT2D eigenvalue weighted by molar-refractivity contribution is 6.36. The highest BCUT2D eigenvalue weighted by Gasteiger charge is 2.08. The predicted octanol–water partition coefficient (Wildman–Crippen LogP) is 3.95. The van der Waals surface area contributed by atoms with E-state index >= 15 is 0 Å². The summed E-state index contributed by atoms with van der Waals surface area (Å²) in [5, 5.41) is 8.07. The lowest BCUT2D eigenvalue weighted by atomic mass is 10.1. The minimum Gasteiger partial charge on any atom is -0.285 e. The lowest BCUT2D eigenvalue weighted by Crippen LogP contribution is -1.86. The van der Waals surface area contributed by atoms with Gasteiger partial charge in [0.2, 0.25) is 0 Å². The second-order valence-corrected chi connectivity index (χ2v) is 4.07. The number of rotatable bonds is 2. The van der Waals surface area contributed by atoms with E-state index in [1.807, 2.05) is 25.3 Å². The summed E-state index contributed by atoms with van der Waals surface area (Å²) in [6.45, 7) is 2.03. The number of nitrogens with one attached hydrogen (secondary N) is 1. The van der Waals surface area contributed by atoms with E-state index in [2.05, 4.69) is 10.2 Å². The molecule has 0 atom stereocenters. The van der Waals surface area contributed by atoms with Crippen molar-refractivity contribution in [3.05, 3.63) is 40.1 Å². The maximum atomic E-state index is 6.14. The van der Waals surface area contributed by atoms with Gasteiger partial charge in [0.1, 0.15) is 0 Å². The molecular formula is C11H10Cl2N2. The Bertz CT molecular complexity index is 440. The third-order valence-electron chi connectivity index (χ3n) is 2.33. The highest BCUT2D eigenvalue weighted by atomic mass is 35.5. The Balaban J connectivity index is 2.53. The van der Waals surface area contributed by atoms with E-state index in [0.717, 1.165) is 23.1 Å². The van der Waals surface area contributed by atoms with Crippen LogP contribution >= 0.6 is 23.2 Å². The van der Waals surface area contributed by atoms with Crippen molar-refractivity contribution in [1.82, 2.24) is 10.2 Å². The van der Waals surface area contributed by atoms with Gasteiger partial charge in [-0.05, 0) is 29.7 Å². The Labute approximate surface area is 98.2 Å². The molecule has 1 aromatic carbocycles. The molecule has 2 nitrogen and oxygen atoms in total. The van der Waals surface area contributed by atoms with E-state index in [1.165, 1.54) is 0 Å². The van der Waals surface area contributed by atoms with Gasteiger partial charge in [0.15, 0.2) is 0 Å². The fraction of sp³-hybridized carbons (Fsp3) is 0.182. The van der Waals surface area contributed by atoms with Gasteiger partial charge >= 0.3 is 0 Å². The van der Waals surface area contributed by atoms with E-state index in [9.17, 15) is 0 Å². The molecule has 0 amide bonds. The average molecular weight is 241 g/mol. The van der Waals surface area contributed by atoms with Gasteiger partial charge in [-0.3, -0.25) is 5.10 Å². The number of halogens is 2. The number of aromatic amines is 1. The first-order chi connectivity index (χ1) is 7.22. The Hall–Kier alpha value is -0.990. The second-order valence-electron chi connectivity index (χ2n) is 3.26. The molecule has 0 radical (unpaired) electrons. The molecule has 0 spiro atoms. The zero-order valence-electron chi connectivity index (χ0n) is 8.22. The monoisotopic (exact) mass is 240 g/mol. The van der Waals surface area contributed by atoms with E-state index in [-0.39, 0.29) is 0 Å². The lowest BCUT2D eigenvalue weighted by Gasteiger charge is -2.06. The van der Waals surface area contributed by atoms with Crippen LogP contribution in [-0.4, -0.2) is 10.2 Å². The van der Waals surface area contributed by atoms with Crippen LogP contribution in [0.25, 0.3) is 11.1 Å². The summed E-state index contributed by atoms with van der Waals surface area (Å²) in [6.07, 6.45) is 4.39. The maximum Gasteiger partial charge on any atom is 0.0565 e. The average Bonchev–Trinajstić information content (AvgIpc) is 2.69. The van der Waals surface area contributed by atoms with E-state index in [4.69, 9.17) is 23.2 Å². The summed E-state index contributed by atoms with van der Waals surface area (Å²) < 4.78 is 0. The minimum absolute atomic E-state index is 0.709. The Morgan fingerprint density at radius 1 is 1.20 bits per heavy atom. The molecule has 0 aliphatic rings. The number of hydrogen-bond acceptors (Lipinski definition) is 1. The molecule has 1 N–H and O–H groups in total. The van der Waals surface area contributed by atoms with Crippen molar-refractivity contribution in [3.8, 4) is 11.1 Å². The molecular weight excluding hydrogens is 231 g/mol. The van der Waals surface area contributed by atoms with Crippen molar-refractivity contribution in [2.24, 2.45) is 0 Å². The maximum absolute atomic E-state index is 6.14. The van der Waals surface area contributed by atoms with Crippen LogP contribution in [0.4, 0.5) is 0 Å². The Morgan fingerprint density at radius 3 is 2.33 bits per heavy atom. The first-order valence-corrected chi connectivity index (χ1v) is 5.45. The van der Waals surface area contributed by atoms with E-state index < -0.39 is 0 Å². The van der Waals surface area contributed by atoms with Crippen molar-refractivity contribution in [3.63, 3.8) is 0 Å². The van der Waals surface area contributed by atoms with E-state index in [1.54, 1.807) is 6.20 Å². The van der Waals surface area contributed by atoms with Crippen LogP contribution in [0, 0.1) is 0 Å². The van der Waals surface area contributed by atoms with Crippen LogP contribution in [0.2, 0.25) is 10.0 Å². The first-order valence-electron chi connectivity index (χ1n) is 4.69. The second kappa shape index (κ2) is 4.25. The molecule has 1 heterocycles. The summed E-state index contributed by atoms with van der Waals surface area (Å²) in [7, 11) is 0. The van der Waals surface area contributed by atoms with Gasteiger partial charge in [-0.2, -0.15) is 5.10 Å². The molecule has 0 fully saturated rings. The molecule has 0 saturated heterocycles. The van der Waals surface area contributed by atoms with Gasteiger partial charge < -0.3 is 0 Å². The summed E-state index contributed by atoms with van der Waals surface area (Å²) in [5.41, 5.74) is 2.96. The molecule has 78 valence electrons. The van der Waals surface area contributed by atoms with Gasteiger partial charge in [0, 0.05) is 21.8 Å². The standard InChI is InChI=1S/C11H10Cl2N2/c1-2-9-10(12)3-7(4-11(9)13)8-5-14-15-6-8/h3-6H,2H2,1H3,(H,14,15). The predicted molar refractivity (Wildman–Crippen MR) is 63.4 cm³/mol. The number of benzene rings is 1. The highest BCUT2D eigenvalue weighted by Crippen LogP contribution is 2.31. The number of H-pyrrole nitrogens is 1. The zero-order valence-corrected chi connectivity index (χ0v) is 9.73. The smallest absolute Gasteiger partial charge is 0.0565 e. The molecule has 1 aromatic heterocycles. The molecule has 2 rings (SSSR count). The number of aromatic nitrogens is 2. The van der Waals surface area contributed by atoms with Crippen LogP contribution in [0.5, 0.6) is 0 Å². The summed E-state index contributed by atoms with van der Waals surface area (Å²) in [5.74, 6) is 0. The van der Waals surface area contributed by atoms with Crippen molar-refractivity contribution >= 4 is 23.2 Å². The molecule has 15 heavy (non-hydrogen) atoms. The molecule has 0 bridgehead atoms. The van der Waals surface area contributed by atoms with Crippen LogP contribution < -0.4 is 0 Å². The third kappa shape index (κ3) is 2.01. The van der Waals surface area contributed by atoms with Gasteiger partial charge in [-0.1, -0.05) is 30.1 Å². The topological polar surface area (TPSA) is 28.7 Å². The van der Waals surface area contributed by atoms with Crippen molar-refractivity contribution in [2.75, 3.05) is 0 Å². The van der Waals surface area contributed by atoms with Crippen molar-refractivity contribution in [1.29, 1.82) is 0 Å². The molecule has 0 unspecified atom stereocenters. The van der Waals surface area contributed by atoms with Gasteiger partial charge in [-0.15, -0.1) is 0 Å². The van der Waals surface area contributed by atoms with Crippen LogP contribution in [-0.2, 0) is 6.42 Å². The van der Waals surface area contributed by atoms with Crippen molar-refractivity contribution < 1.29 is 0 Å². The van der Waals surface area contributed by atoms with Crippen LogP contribution in [0.1, 0.15) is 12.5 Å². The van der Waals surface area contributed by atoms with Crippen molar-refractivity contribution in [2.45, 2.75) is 13.3 Å². The minimum atomic E-state index is 0.709. The number of nitrogens with zero attached hydrogens (tertiary/aromatic N) is 1. The summed E-state index contributed by atoms with van der Waals surface area (Å²) in [6, 6.07) is 3.83. The quantitative estimate of drug-likeness (QED) is 0.847. The normalized spacial score (nSPS) is 10.6. The first kappa shape index (κ1) is 10.5. The fourth-order valence-electron chi connectivity index (χ4n) is 1.52. The molecule has 0 saturated carbocycles. The van der Waals surface area contributed by atoms with Crippen LogP contribution in [0.15, 0.2) is 24.5 Å². The van der Waals surface area contributed by atoms with Gasteiger partial charge in [-0.25, -0.2) is 0 Å². The Morgan fingerprint density at radius 2 is 1.87 bits per heavy atom. The largest absolute Gasteiger partial charge is 0.285 e. The third-order valence-corrected chi connectivity index (χ3v) is 3.00. The molecule has 4 heteroatoms. The fourth-order valence-corrected chi connectivity index (χ4v) is 2.27.